The minimum absolute atomic E-state index is 0.0542. The maximum absolute atomic E-state index is 13.2. The molecule has 0 saturated carbocycles. The van der Waals surface area contributed by atoms with Gasteiger partial charge in [0.2, 0.25) is 17.7 Å². The van der Waals surface area contributed by atoms with Crippen LogP contribution in [0.25, 0.3) is 0 Å². The van der Waals surface area contributed by atoms with Crippen LogP contribution in [0.5, 0.6) is 0 Å². The second kappa shape index (κ2) is 13.5. The van der Waals surface area contributed by atoms with Crippen molar-refractivity contribution in [3.8, 4) is 0 Å². The van der Waals surface area contributed by atoms with Crippen molar-refractivity contribution in [2.24, 2.45) is 16.5 Å². The summed E-state index contributed by atoms with van der Waals surface area (Å²) in [5, 5.41) is 5.52. The fourth-order valence-corrected chi connectivity index (χ4v) is 4.11. The summed E-state index contributed by atoms with van der Waals surface area (Å²) in [4.78, 5) is 55.8. The van der Waals surface area contributed by atoms with Gasteiger partial charge in [-0.25, -0.2) is 0 Å². The molecule has 1 heterocycles. The van der Waals surface area contributed by atoms with Crippen molar-refractivity contribution in [1.29, 1.82) is 0 Å². The van der Waals surface area contributed by atoms with Gasteiger partial charge in [-0.1, -0.05) is 30.3 Å². The van der Waals surface area contributed by atoms with Crippen LogP contribution in [-0.2, 0) is 25.6 Å². The van der Waals surface area contributed by atoms with E-state index in [1.54, 1.807) is 0 Å². The van der Waals surface area contributed by atoms with Gasteiger partial charge >= 0.3 is 0 Å². The third-order valence-corrected chi connectivity index (χ3v) is 5.92. The molecular formula is C23H33ClN6O4. The second-order valence-corrected chi connectivity index (χ2v) is 8.50. The Balaban J connectivity index is 2.14. The molecule has 1 aromatic rings. The number of Topliss-reactive ketones (excluding diaryl/α,β-unsaturated/α-hetero) is 1. The number of likely N-dealkylation sites (tertiary alicyclic amines) is 1. The second-order valence-electron chi connectivity index (χ2n) is 8.23. The highest BCUT2D eigenvalue weighted by Gasteiger charge is 2.35. The Morgan fingerprint density at radius 3 is 2.47 bits per heavy atom. The van der Waals surface area contributed by atoms with Crippen molar-refractivity contribution in [2.45, 2.75) is 57.2 Å². The van der Waals surface area contributed by atoms with Gasteiger partial charge in [0, 0.05) is 26.4 Å². The summed E-state index contributed by atoms with van der Waals surface area (Å²) in [7, 11) is 0. The molecule has 11 heteroatoms. The highest BCUT2D eigenvalue weighted by atomic mass is 35.5. The van der Waals surface area contributed by atoms with E-state index in [4.69, 9.17) is 23.1 Å². The highest BCUT2D eigenvalue weighted by Crippen LogP contribution is 2.18. The van der Waals surface area contributed by atoms with Crippen LogP contribution in [0, 0.1) is 0 Å². The van der Waals surface area contributed by atoms with Crippen molar-refractivity contribution in [1.82, 2.24) is 15.5 Å². The number of rotatable bonds is 12. The topological polar surface area (TPSA) is 160 Å². The first kappa shape index (κ1) is 27.1. The molecule has 0 aliphatic carbocycles. The van der Waals surface area contributed by atoms with Gasteiger partial charge in [0.1, 0.15) is 12.1 Å². The molecule has 0 radical (unpaired) electrons. The van der Waals surface area contributed by atoms with Crippen LogP contribution in [0.15, 0.2) is 35.3 Å². The van der Waals surface area contributed by atoms with Gasteiger partial charge in [0.05, 0.1) is 11.9 Å². The standard InChI is InChI=1S/C23H33ClN6O4/c1-15(31)30-12-6-10-19(30)22(34)29-18(13-16-7-3-2-4-8-16)21(33)28-17(20(32)14-24)9-5-11-27-23(25)26/h2-4,7-8,17-19H,5-6,9-14H2,1H3,(H,28,33)(H,29,34)(H4,25,26,27)/t17-,18-,19-/m0/s1. The number of carbonyl (C=O) groups excluding carboxylic acids is 4. The number of nitrogens with two attached hydrogens (primary N) is 2. The normalized spacial score (nSPS) is 16.9. The number of hydrogen-bond acceptors (Lipinski definition) is 5. The smallest absolute Gasteiger partial charge is 0.243 e. The van der Waals surface area contributed by atoms with E-state index in [2.05, 4.69) is 15.6 Å². The fourth-order valence-electron chi connectivity index (χ4n) is 3.93. The Hall–Kier alpha value is -3.14. The molecule has 0 spiro atoms. The van der Waals surface area contributed by atoms with Gasteiger partial charge in [0.15, 0.2) is 11.7 Å². The molecule has 0 bridgehead atoms. The molecular weight excluding hydrogens is 460 g/mol. The lowest BCUT2D eigenvalue weighted by atomic mass is 10.0. The summed E-state index contributed by atoms with van der Waals surface area (Å²) in [6, 6.07) is 6.83. The molecule has 1 aromatic carbocycles. The Morgan fingerprint density at radius 1 is 1.15 bits per heavy atom. The Morgan fingerprint density at radius 2 is 1.85 bits per heavy atom. The van der Waals surface area contributed by atoms with E-state index in [-0.39, 0.29) is 30.0 Å². The van der Waals surface area contributed by atoms with Crippen molar-refractivity contribution < 1.29 is 19.2 Å². The van der Waals surface area contributed by atoms with Crippen LogP contribution < -0.4 is 22.1 Å². The number of ketones is 1. The number of carbonyl (C=O) groups is 4. The molecule has 1 aliphatic rings. The zero-order valence-electron chi connectivity index (χ0n) is 19.3. The number of aliphatic imine (C=N–C) groups is 1. The summed E-state index contributed by atoms with van der Waals surface area (Å²) in [5.41, 5.74) is 11.5. The summed E-state index contributed by atoms with van der Waals surface area (Å²) >= 11 is 5.74. The first-order chi connectivity index (χ1) is 16.2. The van der Waals surface area contributed by atoms with E-state index in [0.717, 1.165) is 12.0 Å². The first-order valence-corrected chi connectivity index (χ1v) is 11.8. The number of nitrogens with zero attached hydrogens (tertiary/aromatic N) is 2. The molecule has 3 amide bonds. The zero-order valence-corrected chi connectivity index (χ0v) is 20.1. The number of guanidine groups is 1. The molecule has 1 fully saturated rings. The minimum Gasteiger partial charge on any atom is -0.370 e. The Labute approximate surface area is 204 Å². The van der Waals surface area contributed by atoms with Gasteiger partial charge in [-0.3, -0.25) is 24.2 Å². The maximum atomic E-state index is 13.2. The Bertz CT molecular complexity index is 891. The SMILES string of the molecule is CC(=O)N1CCC[C@H]1C(=O)N[C@@H](Cc1ccccc1)C(=O)N[C@@H](CCCN=C(N)N)C(=O)CCl. The van der Waals surface area contributed by atoms with Crippen LogP contribution in [0.3, 0.4) is 0 Å². The molecule has 2 rings (SSSR count). The average molecular weight is 493 g/mol. The monoisotopic (exact) mass is 492 g/mol. The van der Waals surface area contributed by atoms with Crippen LogP contribution in [0.1, 0.15) is 38.2 Å². The summed E-state index contributed by atoms with van der Waals surface area (Å²) < 4.78 is 0. The minimum atomic E-state index is -0.937. The molecule has 1 aliphatic heterocycles. The molecule has 186 valence electrons. The van der Waals surface area contributed by atoms with E-state index in [9.17, 15) is 19.2 Å². The van der Waals surface area contributed by atoms with E-state index in [1.165, 1.54) is 11.8 Å². The molecule has 0 unspecified atom stereocenters. The fraction of sp³-hybridized carbons (Fsp3) is 0.522. The van der Waals surface area contributed by atoms with Crippen molar-refractivity contribution in [2.75, 3.05) is 19.0 Å². The lowest BCUT2D eigenvalue weighted by Crippen LogP contribution is -2.56. The molecule has 6 N–H and O–H groups in total. The predicted molar refractivity (Wildman–Crippen MR) is 130 cm³/mol. The summed E-state index contributed by atoms with van der Waals surface area (Å²) in [6.07, 6.45) is 2.22. The average Bonchev–Trinajstić information content (AvgIpc) is 3.31. The molecule has 34 heavy (non-hydrogen) atoms. The number of halogens is 1. The molecule has 3 atom stereocenters. The number of alkyl halides is 1. The van der Waals surface area contributed by atoms with Gasteiger partial charge in [-0.05, 0) is 31.2 Å². The third-order valence-electron chi connectivity index (χ3n) is 5.66. The van der Waals surface area contributed by atoms with Crippen LogP contribution in [0.2, 0.25) is 0 Å². The third kappa shape index (κ3) is 8.33. The van der Waals surface area contributed by atoms with E-state index in [0.29, 0.717) is 32.4 Å². The molecule has 1 saturated heterocycles. The number of nitrogens with one attached hydrogen (secondary N) is 2. The largest absolute Gasteiger partial charge is 0.370 e. The van der Waals surface area contributed by atoms with Gasteiger partial charge in [-0.2, -0.15) is 0 Å². The van der Waals surface area contributed by atoms with Gasteiger partial charge in [0.25, 0.3) is 0 Å². The maximum Gasteiger partial charge on any atom is 0.243 e. The highest BCUT2D eigenvalue weighted by molar-refractivity contribution is 6.28. The summed E-state index contributed by atoms with van der Waals surface area (Å²) in [5.74, 6) is -1.75. The van der Waals surface area contributed by atoms with Crippen molar-refractivity contribution >= 4 is 41.1 Å². The molecule has 0 aromatic heterocycles. The van der Waals surface area contributed by atoms with Crippen molar-refractivity contribution in [3.63, 3.8) is 0 Å². The summed E-state index contributed by atoms with van der Waals surface area (Å²) in [6.45, 7) is 2.23. The Kier molecular flexibility index (Phi) is 10.8. The number of hydrogen-bond donors (Lipinski definition) is 4. The number of benzene rings is 1. The van der Waals surface area contributed by atoms with Crippen LogP contribution >= 0.6 is 11.6 Å². The van der Waals surface area contributed by atoms with E-state index >= 15 is 0 Å². The van der Waals surface area contributed by atoms with Crippen LogP contribution in [0.4, 0.5) is 0 Å². The predicted octanol–water partition coefficient (Wildman–Crippen LogP) is 0.0711. The van der Waals surface area contributed by atoms with Gasteiger partial charge in [-0.15, -0.1) is 11.6 Å². The van der Waals surface area contributed by atoms with E-state index in [1.807, 2.05) is 30.3 Å². The quantitative estimate of drug-likeness (QED) is 0.140. The van der Waals surface area contributed by atoms with Crippen LogP contribution in [-0.4, -0.2) is 71.5 Å². The molecule has 10 nitrogen and oxygen atoms in total. The lowest BCUT2D eigenvalue weighted by molar-refractivity contribution is -0.138. The zero-order chi connectivity index (χ0) is 25.1. The lowest BCUT2D eigenvalue weighted by Gasteiger charge is -2.26. The number of amides is 3. The van der Waals surface area contributed by atoms with Gasteiger partial charge < -0.3 is 27.0 Å². The van der Waals surface area contributed by atoms with Crippen molar-refractivity contribution in [3.05, 3.63) is 35.9 Å². The van der Waals surface area contributed by atoms with E-state index < -0.39 is 29.9 Å². The first-order valence-electron chi connectivity index (χ1n) is 11.3.